The number of aromatic nitrogens is 1. The van der Waals surface area contributed by atoms with E-state index in [1.54, 1.807) is 0 Å². The standard InChI is InChI=1S/C18H24N2O2/c1-13-7-8-16(11-14(13)2)5-4-6-18(21)19-10-9-17-12-15(3)22-20-17/h7-8,11-12H,4-6,9-10H2,1-3H3,(H,19,21). The van der Waals surface area contributed by atoms with E-state index in [1.807, 2.05) is 13.0 Å². The molecule has 1 N–H and O–H groups in total. The van der Waals surface area contributed by atoms with Crippen LogP contribution in [-0.4, -0.2) is 17.6 Å². The molecule has 0 bridgehead atoms. The summed E-state index contributed by atoms with van der Waals surface area (Å²) < 4.78 is 4.99. The van der Waals surface area contributed by atoms with Gasteiger partial charge in [0.25, 0.3) is 0 Å². The molecule has 0 unspecified atom stereocenters. The fraction of sp³-hybridized carbons (Fsp3) is 0.444. The van der Waals surface area contributed by atoms with Crippen molar-refractivity contribution >= 4 is 5.91 Å². The van der Waals surface area contributed by atoms with E-state index in [0.717, 1.165) is 24.3 Å². The van der Waals surface area contributed by atoms with E-state index in [4.69, 9.17) is 4.52 Å². The molecule has 1 aromatic heterocycles. The maximum absolute atomic E-state index is 11.8. The number of rotatable bonds is 7. The van der Waals surface area contributed by atoms with Crippen LogP contribution in [0.3, 0.4) is 0 Å². The number of aryl methyl sites for hydroxylation is 4. The summed E-state index contributed by atoms with van der Waals surface area (Å²) in [6.07, 6.45) is 3.08. The summed E-state index contributed by atoms with van der Waals surface area (Å²) in [7, 11) is 0. The van der Waals surface area contributed by atoms with E-state index in [2.05, 4.69) is 42.5 Å². The van der Waals surface area contributed by atoms with Crippen molar-refractivity contribution in [2.75, 3.05) is 6.54 Å². The monoisotopic (exact) mass is 300 g/mol. The molecule has 0 saturated heterocycles. The minimum atomic E-state index is 0.101. The van der Waals surface area contributed by atoms with E-state index in [-0.39, 0.29) is 5.91 Å². The Hall–Kier alpha value is -2.10. The second-order valence-corrected chi connectivity index (χ2v) is 5.80. The summed E-state index contributed by atoms with van der Waals surface area (Å²) in [5.41, 5.74) is 4.80. The van der Waals surface area contributed by atoms with Crippen molar-refractivity contribution in [2.24, 2.45) is 0 Å². The number of carbonyl (C=O) groups is 1. The molecule has 4 heteroatoms. The Balaban J connectivity index is 1.64. The van der Waals surface area contributed by atoms with E-state index in [9.17, 15) is 4.79 Å². The molecule has 2 rings (SSSR count). The van der Waals surface area contributed by atoms with Gasteiger partial charge in [0.2, 0.25) is 5.91 Å². The largest absolute Gasteiger partial charge is 0.361 e. The predicted octanol–water partition coefficient (Wildman–Crippen LogP) is 3.28. The highest BCUT2D eigenvalue weighted by atomic mass is 16.5. The Labute approximate surface area is 131 Å². The number of hydrogen-bond acceptors (Lipinski definition) is 3. The molecular weight excluding hydrogens is 276 g/mol. The fourth-order valence-electron chi connectivity index (χ4n) is 2.37. The second kappa shape index (κ2) is 7.78. The lowest BCUT2D eigenvalue weighted by Gasteiger charge is -2.06. The van der Waals surface area contributed by atoms with Crippen LogP contribution in [0.25, 0.3) is 0 Å². The van der Waals surface area contributed by atoms with Crippen LogP contribution in [-0.2, 0) is 17.6 Å². The fourth-order valence-corrected chi connectivity index (χ4v) is 2.37. The van der Waals surface area contributed by atoms with Gasteiger partial charge in [-0.05, 0) is 50.3 Å². The van der Waals surface area contributed by atoms with Gasteiger partial charge in [0, 0.05) is 25.5 Å². The summed E-state index contributed by atoms with van der Waals surface area (Å²) in [6, 6.07) is 8.39. The minimum absolute atomic E-state index is 0.101. The summed E-state index contributed by atoms with van der Waals surface area (Å²) >= 11 is 0. The summed E-state index contributed by atoms with van der Waals surface area (Å²) in [6.45, 7) is 6.70. The highest BCUT2D eigenvalue weighted by molar-refractivity contribution is 5.75. The van der Waals surface area contributed by atoms with E-state index >= 15 is 0 Å². The zero-order valence-corrected chi connectivity index (χ0v) is 13.6. The zero-order valence-electron chi connectivity index (χ0n) is 13.6. The van der Waals surface area contributed by atoms with Crippen LogP contribution < -0.4 is 5.32 Å². The van der Waals surface area contributed by atoms with Gasteiger partial charge in [-0.3, -0.25) is 4.79 Å². The van der Waals surface area contributed by atoms with Gasteiger partial charge in [-0.25, -0.2) is 0 Å². The topological polar surface area (TPSA) is 55.1 Å². The Morgan fingerprint density at radius 3 is 2.64 bits per heavy atom. The Morgan fingerprint density at radius 2 is 1.95 bits per heavy atom. The Kier molecular flexibility index (Phi) is 5.75. The van der Waals surface area contributed by atoms with Crippen LogP contribution in [0.4, 0.5) is 0 Å². The molecule has 0 aliphatic heterocycles. The molecule has 1 heterocycles. The van der Waals surface area contributed by atoms with Gasteiger partial charge in [0.05, 0.1) is 5.69 Å². The first-order chi connectivity index (χ1) is 10.5. The number of nitrogens with zero attached hydrogens (tertiary/aromatic N) is 1. The third-order valence-corrected chi connectivity index (χ3v) is 3.82. The summed E-state index contributed by atoms with van der Waals surface area (Å²) in [4.78, 5) is 11.8. The maximum atomic E-state index is 11.8. The number of benzene rings is 1. The first kappa shape index (κ1) is 16.3. The molecule has 4 nitrogen and oxygen atoms in total. The Morgan fingerprint density at radius 1 is 1.14 bits per heavy atom. The van der Waals surface area contributed by atoms with Gasteiger partial charge in [0.1, 0.15) is 5.76 Å². The van der Waals surface area contributed by atoms with Gasteiger partial charge in [-0.1, -0.05) is 23.4 Å². The molecule has 0 atom stereocenters. The predicted molar refractivity (Wildman–Crippen MR) is 86.8 cm³/mol. The number of amides is 1. The molecule has 0 fully saturated rings. The van der Waals surface area contributed by atoms with Crippen LogP contribution in [0.5, 0.6) is 0 Å². The lowest BCUT2D eigenvalue weighted by molar-refractivity contribution is -0.121. The van der Waals surface area contributed by atoms with Gasteiger partial charge >= 0.3 is 0 Å². The van der Waals surface area contributed by atoms with Crippen molar-refractivity contribution in [3.8, 4) is 0 Å². The summed E-state index contributed by atoms with van der Waals surface area (Å²) in [5, 5.41) is 6.83. The normalized spacial score (nSPS) is 10.7. The Bertz CT molecular complexity index is 632. The quantitative estimate of drug-likeness (QED) is 0.853. The zero-order chi connectivity index (χ0) is 15.9. The first-order valence-electron chi connectivity index (χ1n) is 7.79. The van der Waals surface area contributed by atoms with Crippen molar-refractivity contribution in [1.29, 1.82) is 0 Å². The molecule has 2 aromatic rings. The molecule has 0 radical (unpaired) electrons. The lowest BCUT2D eigenvalue weighted by atomic mass is 10.0. The van der Waals surface area contributed by atoms with Gasteiger partial charge < -0.3 is 9.84 Å². The molecule has 0 aliphatic carbocycles. The molecule has 118 valence electrons. The smallest absolute Gasteiger partial charge is 0.220 e. The molecular formula is C18H24N2O2. The van der Waals surface area contributed by atoms with Crippen molar-refractivity contribution in [2.45, 2.75) is 46.5 Å². The average molecular weight is 300 g/mol. The van der Waals surface area contributed by atoms with E-state index < -0.39 is 0 Å². The highest BCUT2D eigenvalue weighted by Gasteiger charge is 2.04. The molecule has 0 saturated carbocycles. The van der Waals surface area contributed by atoms with Gasteiger partial charge in [-0.15, -0.1) is 0 Å². The van der Waals surface area contributed by atoms with Gasteiger partial charge in [-0.2, -0.15) is 0 Å². The number of nitrogens with one attached hydrogen (secondary N) is 1. The third-order valence-electron chi connectivity index (χ3n) is 3.82. The van der Waals surface area contributed by atoms with E-state index in [1.165, 1.54) is 16.7 Å². The maximum Gasteiger partial charge on any atom is 0.220 e. The highest BCUT2D eigenvalue weighted by Crippen LogP contribution is 2.12. The average Bonchev–Trinajstić information content (AvgIpc) is 2.88. The first-order valence-corrected chi connectivity index (χ1v) is 7.79. The van der Waals surface area contributed by atoms with Crippen LogP contribution in [0, 0.1) is 20.8 Å². The van der Waals surface area contributed by atoms with Gasteiger partial charge in [0.15, 0.2) is 0 Å². The van der Waals surface area contributed by atoms with Crippen molar-refractivity contribution in [3.63, 3.8) is 0 Å². The lowest BCUT2D eigenvalue weighted by Crippen LogP contribution is -2.25. The minimum Gasteiger partial charge on any atom is -0.361 e. The third kappa shape index (κ3) is 5.02. The molecule has 1 aromatic carbocycles. The SMILES string of the molecule is Cc1cc(CCNC(=O)CCCc2ccc(C)c(C)c2)no1. The molecule has 0 aliphatic rings. The second-order valence-electron chi connectivity index (χ2n) is 5.80. The van der Waals surface area contributed by atoms with Crippen LogP contribution >= 0.6 is 0 Å². The molecule has 1 amide bonds. The van der Waals surface area contributed by atoms with Crippen LogP contribution in [0.1, 0.15) is 41.0 Å². The van der Waals surface area contributed by atoms with Crippen molar-refractivity contribution in [3.05, 3.63) is 52.4 Å². The number of carbonyl (C=O) groups excluding carboxylic acids is 1. The molecule has 22 heavy (non-hydrogen) atoms. The molecule has 0 spiro atoms. The summed E-state index contributed by atoms with van der Waals surface area (Å²) in [5.74, 6) is 0.902. The number of hydrogen-bond donors (Lipinski definition) is 1. The van der Waals surface area contributed by atoms with Crippen LogP contribution in [0.2, 0.25) is 0 Å². The van der Waals surface area contributed by atoms with E-state index in [0.29, 0.717) is 19.4 Å². The van der Waals surface area contributed by atoms with Crippen molar-refractivity contribution in [1.82, 2.24) is 10.5 Å². The van der Waals surface area contributed by atoms with Crippen molar-refractivity contribution < 1.29 is 9.32 Å². The van der Waals surface area contributed by atoms with Crippen LogP contribution in [0.15, 0.2) is 28.8 Å².